The van der Waals surface area contributed by atoms with E-state index in [1.165, 1.54) is 0 Å². The molecule has 0 heterocycles. The van der Waals surface area contributed by atoms with Crippen molar-refractivity contribution >= 4 is 35.6 Å². The zero-order valence-electron chi connectivity index (χ0n) is 12.6. The van der Waals surface area contributed by atoms with Crippen molar-refractivity contribution in [3.63, 3.8) is 0 Å². The van der Waals surface area contributed by atoms with Gasteiger partial charge in [-0.3, -0.25) is 9.38 Å². The second kappa shape index (κ2) is 11.4. The summed E-state index contributed by atoms with van der Waals surface area (Å²) in [5.41, 5.74) is 0.822. The monoisotopic (exact) mass is 411 g/mol. The number of guanidine groups is 1. The fourth-order valence-electron chi connectivity index (χ4n) is 1.61. The minimum Gasteiger partial charge on any atom is -0.493 e. The van der Waals surface area contributed by atoms with Gasteiger partial charge in [0.25, 0.3) is 0 Å². The van der Waals surface area contributed by atoms with E-state index in [-0.39, 0.29) is 30.7 Å². The minimum atomic E-state index is -0.346. The van der Waals surface area contributed by atoms with E-state index >= 15 is 0 Å². The first-order valence-electron chi connectivity index (χ1n) is 6.59. The van der Waals surface area contributed by atoms with Crippen LogP contribution in [0.3, 0.4) is 0 Å². The van der Waals surface area contributed by atoms with Gasteiger partial charge in [0.15, 0.2) is 17.5 Å². The molecular formula is C14H23FIN3O2. The zero-order chi connectivity index (χ0) is 14.8. The van der Waals surface area contributed by atoms with Crippen LogP contribution in [0.4, 0.5) is 10.1 Å². The summed E-state index contributed by atoms with van der Waals surface area (Å²) in [5, 5.41) is 6.14. The lowest BCUT2D eigenvalue weighted by Gasteiger charge is -2.14. The highest BCUT2D eigenvalue weighted by Crippen LogP contribution is 2.30. The molecule has 1 aromatic rings. The van der Waals surface area contributed by atoms with E-state index < -0.39 is 0 Å². The highest BCUT2D eigenvalue weighted by Gasteiger charge is 2.06. The molecule has 0 aromatic heterocycles. The van der Waals surface area contributed by atoms with Crippen molar-refractivity contribution in [2.45, 2.75) is 13.3 Å². The van der Waals surface area contributed by atoms with Crippen LogP contribution in [0.15, 0.2) is 23.2 Å². The van der Waals surface area contributed by atoms with Crippen molar-refractivity contribution in [3.8, 4) is 11.5 Å². The van der Waals surface area contributed by atoms with Crippen LogP contribution in [0.1, 0.15) is 13.3 Å². The maximum atomic E-state index is 12.1. The molecule has 7 heteroatoms. The van der Waals surface area contributed by atoms with Crippen molar-refractivity contribution in [1.82, 2.24) is 5.32 Å². The zero-order valence-corrected chi connectivity index (χ0v) is 14.9. The van der Waals surface area contributed by atoms with E-state index in [2.05, 4.69) is 15.6 Å². The quantitative estimate of drug-likeness (QED) is 0.314. The third kappa shape index (κ3) is 6.83. The molecule has 5 nitrogen and oxygen atoms in total. The average Bonchev–Trinajstić information content (AvgIpc) is 2.47. The maximum absolute atomic E-state index is 12.1. The lowest BCUT2D eigenvalue weighted by Crippen LogP contribution is -2.31. The molecule has 1 aromatic carbocycles. The predicted octanol–water partition coefficient (Wildman–Crippen LogP) is 3.06. The van der Waals surface area contributed by atoms with Gasteiger partial charge >= 0.3 is 0 Å². The number of aliphatic imine (C=N–C) groups is 1. The maximum Gasteiger partial charge on any atom is 0.195 e. The van der Waals surface area contributed by atoms with Crippen molar-refractivity contribution in [3.05, 3.63) is 18.2 Å². The standard InChI is InChI=1S/C14H22FN3O2.HI/c1-4-20-13-10-11(6-7-12(13)19-3)18-14(16-2)17-9-5-8-15;/h6-7,10H,4-5,8-9H2,1-3H3,(H2,16,17,18);1H. The number of hydrogen-bond acceptors (Lipinski definition) is 3. The Balaban J connectivity index is 0.00000400. The van der Waals surface area contributed by atoms with Crippen LogP contribution >= 0.6 is 24.0 Å². The van der Waals surface area contributed by atoms with Crippen molar-refractivity contribution in [2.24, 2.45) is 4.99 Å². The third-order valence-electron chi connectivity index (χ3n) is 2.55. The van der Waals surface area contributed by atoms with Gasteiger partial charge in [-0.05, 0) is 25.5 Å². The first-order chi connectivity index (χ1) is 9.74. The van der Waals surface area contributed by atoms with Gasteiger partial charge in [0.05, 0.1) is 20.4 Å². The van der Waals surface area contributed by atoms with Gasteiger partial charge < -0.3 is 20.1 Å². The largest absolute Gasteiger partial charge is 0.493 e. The van der Waals surface area contributed by atoms with Crippen LogP contribution in [0.25, 0.3) is 0 Å². The number of anilines is 1. The van der Waals surface area contributed by atoms with Crippen LogP contribution < -0.4 is 20.1 Å². The van der Waals surface area contributed by atoms with E-state index in [0.717, 1.165) is 5.69 Å². The third-order valence-corrected chi connectivity index (χ3v) is 2.55. The summed E-state index contributed by atoms with van der Waals surface area (Å²) in [6.07, 6.45) is 0.452. The van der Waals surface area contributed by atoms with Crippen LogP contribution in [0.2, 0.25) is 0 Å². The molecule has 0 aliphatic heterocycles. The molecule has 0 saturated carbocycles. The number of nitrogens with one attached hydrogen (secondary N) is 2. The Morgan fingerprint density at radius 2 is 2.10 bits per heavy atom. The van der Waals surface area contributed by atoms with Crippen molar-refractivity contribution in [1.29, 1.82) is 0 Å². The number of ether oxygens (including phenoxy) is 2. The van der Waals surface area contributed by atoms with Gasteiger partial charge in [-0.1, -0.05) is 0 Å². The van der Waals surface area contributed by atoms with Crippen LogP contribution in [0, 0.1) is 0 Å². The summed E-state index contributed by atoms with van der Waals surface area (Å²) in [7, 11) is 3.26. The smallest absolute Gasteiger partial charge is 0.195 e. The van der Waals surface area contributed by atoms with Crippen molar-refractivity contribution in [2.75, 3.05) is 39.3 Å². The fraction of sp³-hybridized carbons (Fsp3) is 0.500. The van der Waals surface area contributed by atoms with E-state index in [4.69, 9.17) is 9.47 Å². The Kier molecular flexibility index (Phi) is 10.7. The molecule has 0 atom stereocenters. The summed E-state index contributed by atoms with van der Waals surface area (Å²) in [4.78, 5) is 4.07. The Labute approximate surface area is 142 Å². The van der Waals surface area contributed by atoms with Gasteiger partial charge in [0, 0.05) is 25.3 Å². The molecule has 0 aliphatic carbocycles. The number of methoxy groups -OCH3 is 1. The summed E-state index contributed by atoms with van der Waals surface area (Å²) in [6, 6.07) is 5.52. The number of nitrogens with zero attached hydrogens (tertiary/aromatic N) is 1. The van der Waals surface area contributed by atoms with Crippen LogP contribution in [-0.2, 0) is 0 Å². The Morgan fingerprint density at radius 3 is 2.67 bits per heavy atom. The molecule has 0 radical (unpaired) electrons. The Morgan fingerprint density at radius 1 is 1.33 bits per heavy atom. The topological polar surface area (TPSA) is 54.9 Å². The normalized spacial score (nSPS) is 10.6. The lowest BCUT2D eigenvalue weighted by molar-refractivity contribution is 0.311. The molecule has 2 N–H and O–H groups in total. The van der Waals surface area contributed by atoms with Crippen molar-refractivity contribution < 1.29 is 13.9 Å². The van der Waals surface area contributed by atoms with E-state index in [0.29, 0.717) is 37.0 Å². The van der Waals surface area contributed by atoms with E-state index in [9.17, 15) is 4.39 Å². The summed E-state index contributed by atoms with van der Waals surface area (Å²) >= 11 is 0. The first-order valence-corrected chi connectivity index (χ1v) is 6.59. The molecule has 0 fully saturated rings. The SMILES string of the molecule is CCOc1cc(NC(=NC)NCCCF)ccc1OC.I. The highest BCUT2D eigenvalue weighted by atomic mass is 127. The number of alkyl halides is 1. The number of benzene rings is 1. The van der Waals surface area contributed by atoms with E-state index in [1.807, 2.05) is 25.1 Å². The summed E-state index contributed by atoms with van der Waals surface area (Å²) in [5.74, 6) is 1.93. The van der Waals surface area contributed by atoms with Crippen LogP contribution in [-0.4, -0.2) is 39.9 Å². The average molecular weight is 411 g/mol. The minimum absolute atomic E-state index is 0. The molecule has 0 aliphatic rings. The number of halogens is 2. The number of hydrogen-bond donors (Lipinski definition) is 2. The molecule has 0 spiro atoms. The van der Waals surface area contributed by atoms with Gasteiger partial charge in [-0.2, -0.15) is 0 Å². The molecule has 120 valence electrons. The second-order valence-electron chi connectivity index (χ2n) is 3.97. The van der Waals surface area contributed by atoms with Crippen LogP contribution in [0.5, 0.6) is 11.5 Å². The molecule has 1 rings (SSSR count). The Bertz CT molecular complexity index is 444. The number of rotatable bonds is 7. The molecular weight excluding hydrogens is 388 g/mol. The lowest BCUT2D eigenvalue weighted by atomic mass is 10.2. The molecule has 21 heavy (non-hydrogen) atoms. The molecule has 0 unspecified atom stereocenters. The summed E-state index contributed by atoms with van der Waals surface area (Å²) in [6.45, 7) is 2.66. The predicted molar refractivity (Wildman–Crippen MR) is 95.2 cm³/mol. The van der Waals surface area contributed by atoms with Gasteiger partial charge in [0.1, 0.15) is 0 Å². The fourth-order valence-corrected chi connectivity index (χ4v) is 1.61. The van der Waals surface area contributed by atoms with E-state index in [1.54, 1.807) is 14.2 Å². The second-order valence-corrected chi connectivity index (χ2v) is 3.97. The van der Waals surface area contributed by atoms with Gasteiger partial charge in [-0.25, -0.2) is 0 Å². The van der Waals surface area contributed by atoms with Gasteiger partial charge in [-0.15, -0.1) is 24.0 Å². The first kappa shape index (κ1) is 19.8. The molecule has 0 bridgehead atoms. The Hall–Kier alpha value is -1.25. The molecule has 0 saturated heterocycles. The highest BCUT2D eigenvalue weighted by molar-refractivity contribution is 14.0. The summed E-state index contributed by atoms with van der Waals surface area (Å²) < 4.78 is 22.8. The molecule has 0 amide bonds. The van der Waals surface area contributed by atoms with Gasteiger partial charge in [0.2, 0.25) is 0 Å².